The molecular formula is C26H32N8. The van der Waals surface area contributed by atoms with Crippen molar-refractivity contribution in [1.82, 2.24) is 24.8 Å². The van der Waals surface area contributed by atoms with Gasteiger partial charge in [-0.25, -0.2) is 21.3 Å². The number of nitrogen functional groups attached to an aromatic ring is 1. The number of hydrogen-bond acceptors (Lipinski definition) is 7. The lowest BCUT2D eigenvalue weighted by Crippen LogP contribution is -2.32. The summed E-state index contributed by atoms with van der Waals surface area (Å²) in [6.07, 6.45) is 6.81. The number of hydrogen-bond donors (Lipinski definition) is 3. The molecule has 0 radical (unpaired) electrons. The number of rotatable bonds is 6. The van der Waals surface area contributed by atoms with Crippen LogP contribution in [0.25, 0.3) is 22.3 Å². The Hall–Kier alpha value is -3.36. The molecule has 0 aliphatic heterocycles. The van der Waals surface area contributed by atoms with Crippen LogP contribution >= 0.6 is 0 Å². The first kappa shape index (κ1) is 22.4. The Labute approximate surface area is 199 Å². The average molecular weight is 457 g/mol. The maximum absolute atomic E-state index is 6.52. The van der Waals surface area contributed by atoms with Gasteiger partial charge in [0.1, 0.15) is 16.9 Å². The van der Waals surface area contributed by atoms with Crippen LogP contribution in [0.2, 0.25) is 0 Å². The van der Waals surface area contributed by atoms with E-state index in [0.717, 1.165) is 64.3 Å². The van der Waals surface area contributed by atoms with Crippen molar-refractivity contribution in [3.05, 3.63) is 71.4 Å². The van der Waals surface area contributed by atoms with Crippen molar-refractivity contribution in [3.63, 3.8) is 0 Å². The molecule has 0 unspecified atom stereocenters. The highest BCUT2D eigenvalue weighted by atomic mass is 15.7. The highest BCUT2D eigenvalue weighted by molar-refractivity contribution is 5.81. The molecule has 0 amide bonds. The van der Waals surface area contributed by atoms with E-state index in [2.05, 4.69) is 48.6 Å². The number of nitrogens with two attached hydrogens (primary N) is 2. The number of nitrogens with one attached hydrogen (secondary N) is 1. The SMILES string of the molecule is CC(C)c1nn(NN)c2c(Cc3ccc(-c4ccccn4)cc3)nc([C@@H]3CCCC[C@H]3N)nc12. The van der Waals surface area contributed by atoms with E-state index in [-0.39, 0.29) is 17.9 Å². The van der Waals surface area contributed by atoms with Crippen molar-refractivity contribution in [2.45, 2.75) is 63.8 Å². The maximum Gasteiger partial charge on any atom is 0.134 e. The van der Waals surface area contributed by atoms with E-state index in [9.17, 15) is 0 Å². The first-order valence-electron chi connectivity index (χ1n) is 12.1. The summed E-state index contributed by atoms with van der Waals surface area (Å²) in [5.41, 5.74) is 15.9. The van der Waals surface area contributed by atoms with Crippen LogP contribution in [0.15, 0.2) is 48.7 Å². The van der Waals surface area contributed by atoms with E-state index in [4.69, 9.17) is 26.6 Å². The average Bonchev–Trinajstić information content (AvgIpc) is 3.25. The minimum Gasteiger partial charge on any atom is -0.327 e. The normalized spacial score (nSPS) is 18.5. The van der Waals surface area contributed by atoms with Gasteiger partial charge in [0.05, 0.1) is 17.1 Å². The summed E-state index contributed by atoms with van der Waals surface area (Å²) in [4.78, 5) is 16.1. The third-order valence-electron chi connectivity index (χ3n) is 6.74. The highest BCUT2D eigenvalue weighted by Crippen LogP contribution is 2.33. The molecule has 1 aliphatic carbocycles. The Morgan fingerprint density at radius 3 is 2.53 bits per heavy atom. The van der Waals surface area contributed by atoms with Crippen LogP contribution < -0.4 is 17.1 Å². The van der Waals surface area contributed by atoms with Crippen molar-refractivity contribution >= 4 is 11.0 Å². The van der Waals surface area contributed by atoms with Gasteiger partial charge in [0.15, 0.2) is 0 Å². The second-order valence-corrected chi connectivity index (χ2v) is 9.45. The molecular weight excluding hydrogens is 424 g/mol. The Kier molecular flexibility index (Phi) is 6.26. The fourth-order valence-electron chi connectivity index (χ4n) is 4.90. The summed E-state index contributed by atoms with van der Waals surface area (Å²) in [5, 5.41) is 4.71. The van der Waals surface area contributed by atoms with Gasteiger partial charge in [-0.2, -0.15) is 9.89 Å². The minimum atomic E-state index is 0.0851. The molecule has 0 bridgehead atoms. The van der Waals surface area contributed by atoms with Gasteiger partial charge >= 0.3 is 0 Å². The molecule has 5 N–H and O–H groups in total. The monoisotopic (exact) mass is 456 g/mol. The standard InChI is InChI=1S/C26H32N8/c1-16(2)23-24-25(34(32-23)33-28)22(30-26(31-24)19-7-3-4-8-20(19)27)15-17-10-12-18(13-11-17)21-9-5-6-14-29-21/h5-6,9-14,16,19-20,33H,3-4,7-8,15,27-28H2,1-2H3/t19-,20-/m1/s1. The topological polar surface area (TPSA) is 121 Å². The van der Waals surface area contributed by atoms with E-state index in [1.165, 1.54) is 6.42 Å². The zero-order valence-electron chi connectivity index (χ0n) is 19.8. The second kappa shape index (κ2) is 9.48. The summed E-state index contributed by atoms with van der Waals surface area (Å²) >= 11 is 0. The van der Waals surface area contributed by atoms with Crippen molar-refractivity contribution in [2.24, 2.45) is 11.6 Å². The van der Waals surface area contributed by atoms with Crippen molar-refractivity contribution in [3.8, 4) is 11.3 Å². The fourth-order valence-corrected chi connectivity index (χ4v) is 4.90. The predicted octanol–water partition coefficient (Wildman–Crippen LogP) is 4.00. The number of benzene rings is 1. The molecule has 4 aromatic rings. The molecule has 34 heavy (non-hydrogen) atoms. The van der Waals surface area contributed by atoms with Crippen LogP contribution in [0.4, 0.5) is 0 Å². The molecule has 3 aromatic heterocycles. The second-order valence-electron chi connectivity index (χ2n) is 9.45. The van der Waals surface area contributed by atoms with E-state index >= 15 is 0 Å². The number of hydrazine groups is 1. The van der Waals surface area contributed by atoms with E-state index < -0.39 is 0 Å². The molecule has 8 heteroatoms. The van der Waals surface area contributed by atoms with Crippen molar-refractivity contribution < 1.29 is 0 Å². The van der Waals surface area contributed by atoms with Crippen LogP contribution in [0.5, 0.6) is 0 Å². The van der Waals surface area contributed by atoms with Crippen molar-refractivity contribution in [1.29, 1.82) is 0 Å². The molecule has 0 saturated heterocycles. The first-order chi connectivity index (χ1) is 16.5. The molecule has 1 saturated carbocycles. The van der Waals surface area contributed by atoms with E-state index in [1.54, 1.807) is 4.79 Å². The predicted molar refractivity (Wildman–Crippen MR) is 135 cm³/mol. The molecule has 8 nitrogen and oxygen atoms in total. The quantitative estimate of drug-likeness (QED) is 0.296. The van der Waals surface area contributed by atoms with Crippen LogP contribution in [-0.2, 0) is 6.42 Å². The zero-order chi connectivity index (χ0) is 23.7. The minimum absolute atomic E-state index is 0.0851. The third kappa shape index (κ3) is 4.26. The molecule has 2 atom stereocenters. The Morgan fingerprint density at radius 2 is 1.85 bits per heavy atom. The van der Waals surface area contributed by atoms with Gasteiger partial charge in [-0.3, -0.25) is 4.98 Å². The third-order valence-corrected chi connectivity index (χ3v) is 6.74. The highest BCUT2D eigenvalue weighted by Gasteiger charge is 2.29. The summed E-state index contributed by atoms with van der Waals surface area (Å²) < 4.78 is 0. The Morgan fingerprint density at radius 1 is 1.06 bits per heavy atom. The lowest BCUT2D eigenvalue weighted by atomic mass is 9.84. The summed E-state index contributed by atoms with van der Waals surface area (Å²) in [7, 11) is 0. The summed E-state index contributed by atoms with van der Waals surface area (Å²) in [6, 6.07) is 14.5. The molecule has 5 rings (SSSR count). The Balaban J connectivity index is 1.58. The number of nitrogens with zero attached hydrogens (tertiary/aromatic N) is 5. The molecule has 3 heterocycles. The molecule has 1 fully saturated rings. The van der Waals surface area contributed by atoms with E-state index in [0.29, 0.717) is 6.42 Å². The van der Waals surface area contributed by atoms with Crippen LogP contribution in [0.3, 0.4) is 0 Å². The number of fused-ring (bicyclic) bond motifs is 1. The summed E-state index contributed by atoms with van der Waals surface area (Å²) in [6.45, 7) is 4.24. The van der Waals surface area contributed by atoms with Gasteiger partial charge < -0.3 is 5.73 Å². The van der Waals surface area contributed by atoms with Gasteiger partial charge in [-0.05, 0) is 36.5 Å². The lowest BCUT2D eigenvalue weighted by Gasteiger charge is -2.27. The lowest BCUT2D eigenvalue weighted by molar-refractivity contribution is 0.373. The smallest absolute Gasteiger partial charge is 0.134 e. The van der Waals surface area contributed by atoms with Crippen LogP contribution in [-0.4, -0.2) is 30.9 Å². The van der Waals surface area contributed by atoms with Gasteiger partial charge in [0, 0.05) is 30.1 Å². The van der Waals surface area contributed by atoms with Crippen LogP contribution in [0, 0.1) is 0 Å². The molecule has 1 aliphatic rings. The summed E-state index contributed by atoms with van der Waals surface area (Å²) in [5.74, 6) is 7.04. The Bertz CT molecular complexity index is 1260. The van der Waals surface area contributed by atoms with Gasteiger partial charge in [0.25, 0.3) is 0 Å². The maximum atomic E-state index is 6.52. The van der Waals surface area contributed by atoms with Gasteiger partial charge in [0.2, 0.25) is 0 Å². The van der Waals surface area contributed by atoms with Crippen molar-refractivity contribution in [2.75, 3.05) is 5.53 Å². The molecule has 0 spiro atoms. The fraction of sp³-hybridized carbons (Fsp3) is 0.385. The first-order valence-corrected chi connectivity index (χ1v) is 12.1. The van der Waals surface area contributed by atoms with Gasteiger partial charge in [-0.1, -0.05) is 57.0 Å². The van der Waals surface area contributed by atoms with E-state index in [1.807, 2.05) is 24.4 Å². The van der Waals surface area contributed by atoms with Gasteiger partial charge in [-0.15, -0.1) is 0 Å². The van der Waals surface area contributed by atoms with Crippen LogP contribution in [0.1, 0.15) is 74.1 Å². The zero-order valence-corrected chi connectivity index (χ0v) is 19.8. The molecule has 1 aromatic carbocycles. The number of aromatic nitrogens is 5. The number of pyridine rings is 1. The largest absolute Gasteiger partial charge is 0.327 e. The molecule has 176 valence electrons.